The Hall–Kier alpha value is -1.90. The van der Waals surface area contributed by atoms with Crippen molar-refractivity contribution in [1.29, 1.82) is 0 Å². The minimum absolute atomic E-state index is 0.752. The normalized spacial score (nSPS) is 19.5. The number of carbonyl (C=O) groups is 1. The molecular formula is C17H22F3N3O2S. The molecule has 2 unspecified atom stereocenters. The Morgan fingerprint density at radius 3 is 2.50 bits per heavy atom. The summed E-state index contributed by atoms with van der Waals surface area (Å²) >= 11 is 1.76. The van der Waals surface area contributed by atoms with Crippen molar-refractivity contribution in [2.75, 3.05) is 0 Å². The van der Waals surface area contributed by atoms with Crippen LogP contribution in [-0.4, -0.2) is 31.8 Å². The molecule has 5 nitrogen and oxygen atoms in total. The van der Waals surface area contributed by atoms with Gasteiger partial charge in [-0.25, -0.2) is 14.8 Å². The Morgan fingerprint density at radius 2 is 1.96 bits per heavy atom. The maximum absolute atomic E-state index is 10.6. The number of fused-ring (bicyclic) bond motifs is 1. The number of hydrogen-bond donors (Lipinski definition) is 1. The van der Waals surface area contributed by atoms with Crippen LogP contribution in [0, 0.1) is 11.8 Å². The van der Waals surface area contributed by atoms with E-state index in [1.165, 1.54) is 22.1 Å². The molecule has 0 radical (unpaired) electrons. The van der Waals surface area contributed by atoms with Gasteiger partial charge in [0.2, 0.25) is 0 Å². The summed E-state index contributed by atoms with van der Waals surface area (Å²) in [7, 11) is 0. The second kappa shape index (κ2) is 8.20. The predicted octanol–water partition coefficient (Wildman–Crippen LogP) is 3.95. The van der Waals surface area contributed by atoms with Crippen molar-refractivity contribution in [2.24, 2.45) is 11.8 Å². The zero-order chi connectivity index (χ0) is 19.5. The number of alkyl halides is 3. The molecule has 1 aliphatic carbocycles. The predicted molar refractivity (Wildman–Crippen MR) is 92.2 cm³/mol. The summed E-state index contributed by atoms with van der Waals surface area (Å²) in [6.45, 7) is 7.72. The van der Waals surface area contributed by atoms with Gasteiger partial charge in [0.05, 0.1) is 29.3 Å². The number of aryl methyl sites for hydroxylation is 1. The molecule has 2 heterocycles. The average molecular weight is 389 g/mol. The SMILES string of the molecule is CCc1nc(Cn2cnc3c2CC(C)C(C)C3)cs1.O=C(O)C(F)(F)F. The summed E-state index contributed by atoms with van der Waals surface area (Å²) in [5.74, 6) is -1.25. The smallest absolute Gasteiger partial charge is 0.475 e. The van der Waals surface area contributed by atoms with Crippen LogP contribution >= 0.6 is 11.3 Å². The van der Waals surface area contributed by atoms with Crippen LogP contribution in [0.15, 0.2) is 11.7 Å². The fourth-order valence-electron chi connectivity index (χ4n) is 2.76. The van der Waals surface area contributed by atoms with Crippen LogP contribution in [-0.2, 0) is 30.6 Å². The summed E-state index contributed by atoms with van der Waals surface area (Å²) in [5, 5.41) is 10.5. The lowest BCUT2D eigenvalue weighted by Gasteiger charge is -2.26. The topological polar surface area (TPSA) is 68.0 Å². The summed E-state index contributed by atoms with van der Waals surface area (Å²) in [6.07, 6.45) is 0.226. The van der Waals surface area contributed by atoms with Crippen LogP contribution < -0.4 is 0 Å². The van der Waals surface area contributed by atoms with E-state index in [-0.39, 0.29) is 0 Å². The number of halogens is 3. The third-order valence-corrected chi connectivity index (χ3v) is 5.55. The third-order valence-electron chi connectivity index (χ3n) is 4.51. The second-order valence-corrected chi connectivity index (χ2v) is 7.46. The molecule has 2 aromatic heterocycles. The first-order chi connectivity index (χ1) is 12.1. The van der Waals surface area contributed by atoms with Crippen molar-refractivity contribution >= 4 is 17.3 Å². The first-order valence-electron chi connectivity index (χ1n) is 8.38. The molecule has 0 saturated heterocycles. The first-order valence-corrected chi connectivity index (χ1v) is 9.26. The van der Waals surface area contributed by atoms with Gasteiger partial charge < -0.3 is 9.67 Å². The highest BCUT2D eigenvalue weighted by molar-refractivity contribution is 7.09. The number of aromatic nitrogens is 3. The number of hydrogen-bond acceptors (Lipinski definition) is 4. The van der Waals surface area contributed by atoms with E-state index in [2.05, 4.69) is 40.7 Å². The number of imidazole rings is 1. The summed E-state index contributed by atoms with van der Waals surface area (Å²) in [4.78, 5) is 18.2. The van der Waals surface area contributed by atoms with E-state index in [1.807, 2.05) is 6.33 Å². The van der Waals surface area contributed by atoms with Gasteiger partial charge in [-0.2, -0.15) is 13.2 Å². The minimum Gasteiger partial charge on any atom is -0.475 e. The standard InChI is InChI=1S/C15H21N3S.C2HF3O2/c1-4-15-17-12(8-19-15)7-18-9-16-13-5-10(2)11(3)6-14(13)18;3-2(4,5)1(6)7/h8-11H,4-7H2,1-3H3;(H,6,7). The number of carboxylic acids is 1. The van der Waals surface area contributed by atoms with Crippen molar-refractivity contribution in [3.8, 4) is 0 Å². The molecule has 0 fully saturated rings. The Labute approximate surface area is 153 Å². The maximum atomic E-state index is 10.6. The molecular weight excluding hydrogens is 367 g/mol. The molecule has 0 bridgehead atoms. The van der Waals surface area contributed by atoms with Crippen molar-refractivity contribution in [3.63, 3.8) is 0 Å². The van der Waals surface area contributed by atoms with Gasteiger partial charge in [-0.3, -0.25) is 0 Å². The lowest BCUT2D eigenvalue weighted by atomic mass is 9.82. The second-order valence-electron chi connectivity index (χ2n) is 6.52. The van der Waals surface area contributed by atoms with E-state index in [0.717, 1.165) is 37.6 Å². The molecule has 2 aromatic rings. The van der Waals surface area contributed by atoms with Crippen molar-refractivity contribution in [2.45, 2.75) is 52.8 Å². The van der Waals surface area contributed by atoms with E-state index in [9.17, 15) is 13.2 Å². The molecule has 0 saturated carbocycles. The zero-order valence-electron chi connectivity index (χ0n) is 14.9. The maximum Gasteiger partial charge on any atom is 0.490 e. The lowest BCUT2D eigenvalue weighted by Crippen LogP contribution is -2.22. The van der Waals surface area contributed by atoms with Crippen LogP contribution in [0.25, 0.3) is 0 Å². The molecule has 1 N–H and O–H groups in total. The van der Waals surface area contributed by atoms with E-state index in [1.54, 1.807) is 11.3 Å². The highest BCUT2D eigenvalue weighted by atomic mass is 32.1. The first kappa shape index (κ1) is 20.4. The van der Waals surface area contributed by atoms with Gasteiger partial charge >= 0.3 is 12.1 Å². The number of thiazole rings is 1. The van der Waals surface area contributed by atoms with Gasteiger partial charge in [0, 0.05) is 11.1 Å². The monoisotopic (exact) mass is 389 g/mol. The van der Waals surface area contributed by atoms with Crippen molar-refractivity contribution in [3.05, 3.63) is 33.8 Å². The molecule has 0 amide bonds. The van der Waals surface area contributed by atoms with E-state index in [4.69, 9.17) is 9.90 Å². The van der Waals surface area contributed by atoms with Gasteiger partial charge in [-0.15, -0.1) is 11.3 Å². The molecule has 2 atom stereocenters. The van der Waals surface area contributed by atoms with E-state index >= 15 is 0 Å². The largest absolute Gasteiger partial charge is 0.490 e. The van der Waals surface area contributed by atoms with E-state index < -0.39 is 12.1 Å². The Balaban J connectivity index is 0.000000298. The Kier molecular flexibility index (Phi) is 6.44. The Morgan fingerprint density at radius 1 is 1.35 bits per heavy atom. The number of aliphatic carboxylic acids is 1. The van der Waals surface area contributed by atoms with Gasteiger partial charge in [-0.05, 0) is 31.1 Å². The number of nitrogens with zero attached hydrogens (tertiary/aromatic N) is 3. The molecule has 3 rings (SSSR count). The van der Waals surface area contributed by atoms with Gasteiger partial charge in [-0.1, -0.05) is 20.8 Å². The summed E-state index contributed by atoms with van der Waals surface area (Å²) in [5.41, 5.74) is 3.90. The van der Waals surface area contributed by atoms with Crippen LogP contribution in [0.2, 0.25) is 0 Å². The molecule has 0 aromatic carbocycles. The van der Waals surface area contributed by atoms with Gasteiger partial charge in [0.1, 0.15) is 0 Å². The molecule has 9 heteroatoms. The number of rotatable bonds is 3. The summed E-state index contributed by atoms with van der Waals surface area (Å²) in [6, 6.07) is 0. The van der Waals surface area contributed by atoms with Crippen LogP contribution in [0.1, 0.15) is 42.9 Å². The highest BCUT2D eigenvalue weighted by Crippen LogP contribution is 2.29. The fourth-order valence-corrected chi connectivity index (χ4v) is 3.50. The summed E-state index contributed by atoms with van der Waals surface area (Å²) < 4.78 is 34.0. The molecule has 1 aliphatic rings. The van der Waals surface area contributed by atoms with Crippen molar-refractivity contribution < 1.29 is 23.1 Å². The fraction of sp³-hybridized carbons (Fsp3) is 0.588. The molecule has 26 heavy (non-hydrogen) atoms. The van der Waals surface area contributed by atoms with Crippen LogP contribution in [0.4, 0.5) is 13.2 Å². The molecule has 0 aliphatic heterocycles. The van der Waals surface area contributed by atoms with Crippen molar-refractivity contribution in [1.82, 2.24) is 14.5 Å². The average Bonchev–Trinajstić information content (AvgIpc) is 3.16. The zero-order valence-corrected chi connectivity index (χ0v) is 15.7. The molecule has 144 valence electrons. The van der Waals surface area contributed by atoms with Crippen LogP contribution in [0.5, 0.6) is 0 Å². The van der Waals surface area contributed by atoms with E-state index in [0.29, 0.717) is 0 Å². The van der Waals surface area contributed by atoms with Crippen LogP contribution in [0.3, 0.4) is 0 Å². The van der Waals surface area contributed by atoms with Gasteiger partial charge in [0.25, 0.3) is 0 Å². The quantitative estimate of drug-likeness (QED) is 0.863. The highest BCUT2D eigenvalue weighted by Gasteiger charge is 2.38. The molecule has 0 spiro atoms. The van der Waals surface area contributed by atoms with Gasteiger partial charge in [0.15, 0.2) is 0 Å². The minimum atomic E-state index is -5.08. The number of carboxylic acid groups (broad SMARTS) is 1. The lowest BCUT2D eigenvalue weighted by molar-refractivity contribution is -0.192. The Bertz CT molecular complexity index is 755. The third kappa shape index (κ3) is 5.06.